The molecule has 1 unspecified atom stereocenters. The molecule has 0 aliphatic carbocycles. The number of carbonyl (C=O) groups is 2. The van der Waals surface area contributed by atoms with Gasteiger partial charge in [0.2, 0.25) is 0 Å². The normalized spacial score (nSPS) is 15.4. The minimum atomic E-state index is -3.86. The van der Waals surface area contributed by atoms with E-state index in [1.165, 1.54) is 48.8 Å². The molecule has 36 heavy (non-hydrogen) atoms. The van der Waals surface area contributed by atoms with E-state index in [-0.39, 0.29) is 22.7 Å². The molecule has 1 fully saturated rings. The van der Waals surface area contributed by atoms with Gasteiger partial charge in [0, 0.05) is 42.8 Å². The second-order valence-electron chi connectivity index (χ2n) is 7.84. The van der Waals surface area contributed by atoms with Crippen molar-refractivity contribution in [3.05, 3.63) is 66.1 Å². The van der Waals surface area contributed by atoms with Crippen molar-refractivity contribution in [3.63, 3.8) is 0 Å². The Labute approximate surface area is 208 Å². The van der Waals surface area contributed by atoms with E-state index in [2.05, 4.69) is 25.3 Å². The number of ether oxygens (including phenoxy) is 1. The third kappa shape index (κ3) is 6.15. The molecule has 1 saturated heterocycles. The number of hydrogen-bond donors (Lipinski definition) is 4. The van der Waals surface area contributed by atoms with Crippen LogP contribution in [-0.2, 0) is 0 Å². The van der Waals surface area contributed by atoms with E-state index < -0.39 is 23.5 Å². The van der Waals surface area contributed by atoms with Crippen LogP contribution in [-0.4, -0.2) is 56.8 Å². The summed E-state index contributed by atoms with van der Waals surface area (Å²) in [4.78, 5) is 34.6. The summed E-state index contributed by atoms with van der Waals surface area (Å²) < 4.78 is 29.8. The molecule has 1 aliphatic heterocycles. The van der Waals surface area contributed by atoms with Crippen LogP contribution in [0.3, 0.4) is 0 Å². The highest BCUT2D eigenvalue weighted by Crippen LogP contribution is 2.32. The highest BCUT2D eigenvalue weighted by atomic mass is 35.5. The van der Waals surface area contributed by atoms with Gasteiger partial charge < -0.3 is 30.5 Å². The van der Waals surface area contributed by atoms with Crippen molar-refractivity contribution in [2.24, 2.45) is 0 Å². The van der Waals surface area contributed by atoms with Crippen molar-refractivity contribution in [1.29, 1.82) is 0 Å². The van der Waals surface area contributed by atoms with E-state index in [1.54, 1.807) is 6.07 Å². The number of carboxylic acids is 1. The molecular formula is C23H20ClF2N5O5. The highest BCUT2D eigenvalue weighted by molar-refractivity contribution is 6.20. The molecule has 1 amide bonds. The maximum absolute atomic E-state index is 12.9. The molecule has 0 bridgehead atoms. The summed E-state index contributed by atoms with van der Waals surface area (Å²) in [5, 5.41) is 25.0. The second-order valence-corrected chi connectivity index (χ2v) is 8.28. The lowest BCUT2D eigenvalue weighted by molar-refractivity contribution is -0.0964. The first-order chi connectivity index (χ1) is 17.1. The van der Waals surface area contributed by atoms with Crippen LogP contribution in [0.15, 0.2) is 54.9 Å². The van der Waals surface area contributed by atoms with Crippen LogP contribution in [0.1, 0.15) is 27.3 Å². The Morgan fingerprint density at radius 3 is 2.56 bits per heavy atom. The van der Waals surface area contributed by atoms with E-state index in [0.717, 1.165) is 0 Å². The number of aliphatic hydroxyl groups is 1. The van der Waals surface area contributed by atoms with Crippen LogP contribution in [0.4, 0.5) is 31.7 Å². The first kappa shape index (κ1) is 25.1. The van der Waals surface area contributed by atoms with Crippen molar-refractivity contribution in [3.8, 4) is 5.75 Å². The maximum Gasteiger partial charge on any atom is 0.487 e. The SMILES string of the molecule is O=C(Nc1ccc(OC(F)(F)Cl)cc1)c1cnc(N2CCC(O)C2)c(Nc2cccnc2C(=O)O)c1. The van der Waals surface area contributed by atoms with Gasteiger partial charge in [0.25, 0.3) is 5.91 Å². The molecule has 3 aromatic rings. The third-order valence-electron chi connectivity index (χ3n) is 5.22. The molecule has 188 valence electrons. The van der Waals surface area contributed by atoms with E-state index in [9.17, 15) is 28.6 Å². The number of halogens is 3. The van der Waals surface area contributed by atoms with Gasteiger partial charge in [-0.25, -0.2) is 14.8 Å². The molecule has 1 atom stereocenters. The fourth-order valence-electron chi connectivity index (χ4n) is 3.62. The minimum Gasteiger partial charge on any atom is -0.476 e. The van der Waals surface area contributed by atoms with E-state index in [1.807, 2.05) is 4.90 Å². The molecule has 2 aromatic heterocycles. The number of alkyl halides is 3. The van der Waals surface area contributed by atoms with E-state index in [0.29, 0.717) is 36.7 Å². The monoisotopic (exact) mass is 519 g/mol. The lowest BCUT2D eigenvalue weighted by Gasteiger charge is -2.22. The number of hydrogen-bond acceptors (Lipinski definition) is 8. The summed E-state index contributed by atoms with van der Waals surface area (Å²) in [7, 11) is 0. The van der Waals surface area contributed by atoms with E-state index >= 15 is 0 Å². The smallest absolute Gasteiger partial charge is 0.476 e. The van der Waals surface area contributed by atoms with E-state index in [4.69, 9.17) is 11.6 Å². The highest BCUT2D eigenvalue weighted by Gasteiger charge is 2.28. The molecule has 13 heteroatoms. The third-order valence-corrected chi connectivity index (χ3v) is 5.29. The first-order valence-corrected chi connectivity index (χ1v) is 11.0. The van der Waals surface area contributed by atoms with Gasteiger partial charge in [-0.05, 0) is 48.9 Å². The summed E-state index contributed by atoms with van der Waals surface area (Å²) in [6, 6.07) is 9.73. The lowest BCUT2D eigenvalue weighted by atomic mass is 10.2. The van der Waals surface area contributed by atoms with Gasteiger partial charge >= 0.3 is 11.5 Å². The Balaban J connectivity index is 1.60. The fraction of sp³-hybridized carbons (Fsp3) is 0.217. The van der Waals surface area contributed by atoms with Gasteiger partial charge in [-0.1, -0.05) is 0 Å². The molecule has 3 heterocycles. The zero-order valence-corrected chi connectivity index (χ0v) is 19.2. The van der Waals surface area contributed by atoms with Crippen LogP contribution in [0.5, 0.6) is 5.75 Å². The Bertz CT molecular complexity index is 1270. The summed E-state index contributed by atoms with van der Waals surface area (Å²) in [5.41, 5.74) is -3.12. The number of aromatic carboxylic acids is 1. The number of aromatic nitrogens is 2. The zero-order chi connectivity index (χ0) is 25.9. The Kier molecular flexibility index (Phi) is 7.17. The topological polar surface area (TPSA) is 137 Å². The predicted molar refractivity (Wildman–Crippen MR) is 127 cm³/mol. The number of nitrogens with one attached hydrogen (secondary N) is 2. The van der Waals surface area contributed by atoms with Gasteiger partial charge in [0.15, 0.2) is 11.5 Å². The number of rotatable bonds is 8. The number of nitrogens with zero attached hydrogens (tertiary/aromatic N) is 3. The quantitative estimate of drug-likeness (QED) is 0.326. The Morgan fingerprint density at radius 1 is 1.17 bits per heavy atom. The number of benzene rings is 1. The first-order valence-electron chi connectivity index (χ1n) is 10.6. The van der Waals surface area contributed by atoms with Crippen LogP contribution in [0, 0.1) is 0 Å². The van der Waals surface area contributed by atoms with Crippen LogP contribution >= 0.6 is 11.6 Å². The van der Waals surface area contributed by atoms with Crippen molar-refractivity contribution < 1.29 is 33.3 Å². The molecule has 0 spiro atoms. The number of aliphatic hydroxyl groups excluding tert-OH is 1. The molecular weight excluding hydrogens is 500 g/mol. The Hall–Kier alpha value is -4.03. The average molecular weight is 520 g/mol. The standard InChI is InChI=1S/C23H20ClF2N5O5/c24-23(25,26)36-16-5-3-14(4-6-16)29-21(33)13-10-18(20(28-11-13)31-9-7-15(32)12-31)30-17-2-1-8-27-19(17)22(34)35/h1-6,8,10-11,15,30,32H,7,9,12H2,(H,29,33)(H,34,35). The predicted octanol–water partition coefficient (Wildman–Crippen LogP) is 3.91. The molecule has 1 aromatic carbocycles. The number of carbonyl (C=O) groups excluding carboxylic acids is 1. The van der Waals surface area contributed by atoms with Crippen molar-refractivity contribution >= 4 is 46.4 Å². The van der Waals surface area contributed by atoms with Gasteiger partial charge in [-0.3, -0.25) is 4.79 Å². The van der Waals surface area contributed by atoms with Gasteiger partial charge in [-0.2, -0.15) is 0 Å². The van der Waals surface area contributed by atoms with Gasteiger partial charge in [-0.15, -0.1) is 8.78 Å². The van der Waals surface area contributed by atoms with Crippen LogP contribution < -0.4 is 20.3 Å². The van der Waals surface area contributed by atoms with Crippen LogP contribution in [0.25, 0.3) is 0 Å². The second kappa shape index (κ2) is 10.3. The van der Waals surface area contributed by atoms with Crippen LogP contribution in [0.2, 0.25) is 0 Å². The van der Waals surface area contributed by atoms with Crippen molar-refractivity contribution in [2.45, 2.75) is 18.1 Å². The number of β-amino-alcohol motifs (C(OH)–C–C–N with tert-alkyl or cyclic N) is 1. The largest absolute Gasteiger partial charge is 0.487 e. The Morgan fingerprint density at radius 2 is 1.92 bits per heavy atom. The molecule has 1 aliphatic rings. The fourth-order valence-corrected chi connectivity index (χ4v) is 3.71. The molecule has 10 nitrogen and oxygen atoms in total. The summed E-state index contributed by atoms with van der Waals surface area (Å²) >= 11 is 4.75. The summed E-state index contributed by atoms with van der Waals surface area (Å²) in [5.74, 6) is -1.56. The number of pyridine rings is 2. The van der Waals surface area contributed by atoms with Crippen molar-refractivity contribution in [1.82, 2.24) is 9.97 Å². The maximum atomic E-state index is 12.9. The minimum absolute atomic E-state index is 0.134. The summed E-state index contributed by atoms with van der Waals surface area (Å²) in [6.07, 6.45) is 2.68. The van der Waals surface area contributed by atoms with Gasteiger partial charge in [0.05, 0.1) is 23.0 Å². The van der Waals surface area contributed by atoms with Gasteiger partial charge in [0.1, 0.15) is 5.75 Å². The molecule has 4 N–H and O–H groups in total. The number of anilines is 4. The molecule has 0 radical (unpaired) electrons. The zero-order valence-electron chi connectivity index (χ0n) is 18.5. The average Bonchev–Trinajstić information content (AvgIpc) is 3.25. The number of carboxylic acid groups (broad SMARTS) is 1. The number of amides is 1. The molecule has 0 saturated carbocycles. The summed E-state index contributed by atoms with van der Waals surface area (Å²) in [6.45, 7) is 0.838. The lowest BCUT2D eigenvalue weighted by Crippen LogP contribution is -2.24. The van der Waals surface area contributed by atoms with Crippen molar-refractivity contribution in [2.75, 3.05) is 28.6 Å². The molecule has 4 rings (SSSR count).